The monoisotopic (exact) mass is 1810 g/mol. The van der Waals surface area contributed by atoms with Gasteiger partial charge in [-0.3, -0.25) is 14.4 Å². The second kappa shape index (κ2) is 44.1. The number of ether oxygens (including phenoxy) is 9. The molecule has 6 atom stereocenters. The van der Waals surface area contributed by atoms with Gasteiger partial charge < -0.3 is 42.6 Å². The number of benzene rings is 6. The van der Waals surface area contributed by atoms with Crippen LogP contribution in [0.15, 0.2) is 127 Å². The molecule has 0 saturated heterocycles. The quantitative estimate of drug-likeness (QED) is 0.0355. The van der Waals surface area contributed by atoms with Crippen molar-refractivity contribution < 1.29 is 96.5 Å². The molecule has 0 aliphatic rings. The van der Waals surface area contributed by atoms with Crippen LogP contribution in [0.4, 0.5) is 39.5 Å². The lowest BCUT2D eigenvalue weighted by Crippen LogP contribution is -2.51. The Hall–Kier alpha value is -9.72. The summed E-state index contributed by atoms with van der Waals surface area (Å²) in [6.07, 6.45) is -11.7. The Bertz CT molecular complexity index is 4580. The SMILES string of the molecule is CCCCC.COc1nc(-c2ccc(OCC(C)(C)C)cc2)nc(-c2cc(C(C)CC(=O)[C@@](C)(OC)C(F)(F)F)ccc2Cl)n1.COc1nc(-c2ccc(OCC(C)(C)C)cc2)nc(-c2cc(C(C)CC(=O)[C@@](C)(OC)C(F)(F)F)ccc2Cl)n1.COc1nc(-c2ccc(OCC(C)(C)C)cc2)nc(-c2cc(C(C)CC(=O)[C@@](C)(OC)C(F)(F)F)ccc2Cl)n1. The molecule has 0 fully saturated rings. The van der Waals surface area contributed by atoms with Gasteiger partial charge in [-0.1, -0.05) is 169 Å². The van der Waals surface area contributed by atoms with Crippen LogP contribution in [0.2, 0.25) is 15.1 Å². The highest BCUT2D eigenvalue weighted by Crippen LogP contribution is 2.43. The molecule has 125 heavy (non-hydrogen) atoms. The Morgan fingerprint density at radius 1 is 0.328 bits per heavy atom. The van der Waals surface area contributed by atoms with E-state index >= 15 is 0 Å². The van der Waals surface area contributed by atoms with Crippen LogP contribution < -0.4 is 28.4 Å². The number of hydrogen-bond donors (Lipinski definition) is 0. The molecule has 0 spiro atoms. The molecule has 0 amide bonds. The zero-order chi connectivity index (χ0) is 93.8. The lowest BCUT2D eigenvalue weighted by Gasteiger charge is -2.30. The third-order valence-electron chi connectivity index (χ3n) is 19.8. The van der Waals surface area contributed by atoms with E-state index in [0.29, 0.717) is 120 Å². The summed E-state index contributed by atoms with van der Waals surface area (Å²) in [6, 6.07) is 36.6. The van der Waals surface area contributed by atoms with E-state index in [9.17, 15) is 53.9 Å². The molecule has 0 saturated carbocycles. The number of ketones is 3. The number of Topliss-reactive ketones (excluding diaryl/α,β-unsaturated/α-hetero) is 3. The molecule has 0 aliphatic heterocycles. The van der Waals surface area contributed by atoms with Gasteiger partial charge in [-0.05, 0) is 181 Å². The summed E-state index contributed by atoms with van der Waals surface area (Å²) in [4.78, 5) is 77.7. The van der Waals surface area contributed by atoms with Crippen LogP contribution >= 0.6 is 34.8 Å². The molecule has 0 aliphatic carbocycles. The zero-order valence-corrected chi connectivity index (χ0v) is 76.9. The van der Waals surface area contributed by atoms with E-state index in [1.807, 2.05) is 72.8 Å². The van der Waals surface area contributed by atoms with Gasteiger partial charge in [0, 0.05) is 74.0 Å². The summed E-state index contributed by atoms with van der Waals surface area (Å²) in [5.74, 6) is -1.26. The molecule has 3 heterocycles. The molecule has 6 aromatic carbocycles. The highest BCUT2D eigenvalue weighted by Gasteiger charge is 2.59. The topological polar surface area (TPSA) is 250 Å². The predicted molar refractivity (Wildman–Crippen MR) is 465 cm³/mol. The first-order valence-corrected chi connectivity index (χ1v) is 41.2. The Balaban J connectivity index is 0.000000281. The lowest BCUT2D eigenvalue weighted by molar-refractivity contribution is -0.253. The van der Waals surface area contributed by atoms with E-state index in [1.165, 1.54) is 40.6 Å². The standard InChI is InChI=1S/3C29H33ClF3N3O4.C5H12/c3*1-17(14-23(37)28(5,39-7)29(31,32)33)19-10-13-22(30)21(15-19)25-34-24(35-26(36-25)38-6)18-8-11-20(12-9-18)40-16-27(2,3)4;1-3-5-4-2/h3*8-13,15,17H,14,16H2,1-7H3;3-5H2,1-2H3/t3*17?,28-;/m111./s1. The maximum atomic E-state index is 13.5. The molecule has 3 unspecified atom stereocenters. The van der Waals surface area contributed by atoms with Crippen LogP contribution in [-0.2, 0) is 28.6 Å². The van der Waals surface area contributed by atoms with Crippen LogP contribution in [0, 0.1) is 16.2 Å². The van der Waals surface area contributed by atoms with Crippen molar-refractivity contribution in [3.63, 3.8) is 0 Å². The normalized spacial score (nSPS) is 14.1. The van der Waals surface area contributed by atoms with Gasteiger partial charge in [0.2, 0.25) is 16.8 Å². The Morgan fingerprint density at radius 3 is 0.720 bits per heavy atom. The summed E-state index contributed by atoms with van der Waals surface area (Å²) < 4.78 is 169. The Labute approximate surface area is 740 Å². The molecular weight excluding hydrogens is 1700 g/mol. The van der Waals surface area contributed by atoms with Crippen molar-refractivity contribution in [2.45, 2.75) is 209 Å². The molecule has 9 aromatic rings. The molecule has 0 radical (unpaired) electrons. The molecule has 0 bridgehead atoms. The maximum absolute atomic E-state index is 13.5. The van der Waals surface area contributed by atoms with E-state index in [-0.39, 0.29) is 51.7 Å². The van der Waals surface area contributed by atoms with E-state index in [0.717, 1.165) is 42.1 Å². The highest BCUT2D eigenvalue weighted by molar-refractivity contribution is 6.34. The molecule has 21 nitrogen and oxygen atoms in total. The fraction of sp³-hybridized carbons (Fsp3) is 0.478. The molecule has 680 valence electrons. The number of aromatic nitrogens is 9. The van der Waals surface area contributed by atoms with Crippen molar-refractivity contribution in [2.75, 3.05) is 62.5 Å². The van der Waals surface area contributed by atoms with Crippen LogP contribution in [0.25, 0.3) is 68.3 Å². The number of alkyl halides is 9. The number of carbonyl (C=O) groups excluding carboxylic acids is 3. The number of nitrogens with zero attached hydrogens (tertiary/aromatic N) is 9. The minimum absolute atomic E-state index is 0.00944. The minimum Gasteiger partial charge on any atom is -0.493 e. The summed E-state index contributed by atoms with van der Waals surface area (Å²) in [5, 5.41) is 0.929. The average Bonchev–Trinajstić information content (AvgIpc) is 0.796. The van der Waals surface area contributed by atoms with Gasteiger partial charge >= 0.3 is 36.6 Å². The van der Waals surface area contributed by atoms with Gasteiger partial charge in [-0.15, -0.1) is 0 Å². The van der Waals surface area contributed by atoms with Crippen LogP contribution in [-0.4, -0.2) is 160 Å². The van der Waals surface area contributed by atoms with E-state index in [2.05, 4.69) is 135 Å². The van der Waals surface area contributed by atoms with Crippen LogP contribution in [0.5, 0.6) is 35.3 Å². The van der Waals surface area contributed by atoms with Gasteiger partial charge in [0.05, 0.1) is 56.2 Å². The first-order chi connectivity index (χ1) is 58.1. The fourth-order valence-corrected chi connectivity index (χ4v) is 12.0. The third kappa shape index (κ3) is 28.9. The van der Waals surface area contributed by atoms with E-state index < -0.39 is 89.7 Å². The highest BCUT2D eigenvalue weighted by atomic mass is 35.5. The van der Waals surface area contributed by atoms with Crippen molar-refractivity contribution in [2.24, 2.45) is 16.2 Å². The Kier molecular flexibility index (Phi) is 36.7. The number of unbranched alkanes of at least 4 members (excludes halogenated alkanes) is 2. The molecule has 0 N–H and O–H groups in total. The summed E-state index contributed by atoms with van der Waals surface area (Å²) in [5.41, 5.74) is -3.66. The van der Waals surface area contributed by atoms with E-state index in [4.69, 9.17) is 63.2 Å². The minimum atomic E-state index is -4.85. The molecule has 3 aromatic heterocycles. The van der Waals surface area contributed by atoms with Crippen molar-refractivity contribution in [3.8, 4) is 104 Å². The van der Waals surface area contributed by atoms with Crippen molar-refractivity contribution in [1.29, 1.82) is 0 Å². The maximum Gasteiger partial charge on any atom is 0.424 e. The summed E-state index contributed by atoms with van der Waals surface area (Å²) >= 11 is 19.5. The van der Waals surface area contributed by atoms with Gasteiger partial charge in [-0.2, -0.15) is 69.4 Å². The fourth-order valence-electron chi connectivity index (χ4n) is 11.4. The summed E-state index contributed by atoms with van der Waals surface area (Å²) in [6.45, 7) is 32.0. The molecular formula is C92H111Cl3F9N9O12. The van der Waals surface area contributed by atoms with Crippen LogP contribution in [0.3, 0.4) is 0 Å². The first kappa shape index (κ1) is 104. The number of rotatable bonds is 32. The third-order valence-corrected chi connectivity index (χ3v) is 20.8. The summed E-state index contributed by atoms with van der Waals surface area (Å²) in [7, 11) is 6.88. The number of halogens is 12. The smallest absolute Gasteiger partial charge is 0.424 e. The molecule has 9 rings (SSSR count). The van der Waals surface area contributed by atoms with Gasteiger partial charge in [-0.25, -0.2) is 15.0 Å². The lowest BCUT2D eigenvalue weighted by atomic mass is 9.88. The van der Waals surface area contributed by atoms with E-state index in [1.54, 1.807) is 75.4 Å². The van der Waals surface area contributed by atoms with Crippen molar-refractivity contribution in [1.82, 2.24) is 44.9 Å². The number of methoxy groups -OCH3 is 6. The zero-order valence-electron chi connectivity index (χ0n) is 74.7. The first-order valence-electron chi connectivity index (χ1n) is 40.1. The predicted octanol–water partition coefficient (Wildman–Crippen LogP) is 24.2. The largest absolute Gasteiger partial charge is 0.493 e. The second-order valence-electron chi connectivity index (χ2n) is 33.9. The molecule has 33 heteroatoms. The second-order valence-corrected chi connectivity index (χ2v) is 35.1. The van der Waals surface area contributed by atoms with Crippen molar-refractivity contribution in [3.05, 3.63) is 159 Å². The number of carbonyl (C=O) groups is 3. The average molecular weight is 1810 g/mol. The van der Waals surface area contributed by atoms with Gasteiger partial charge in [0.1, 0.15) is 17.2 Å². The van der Waals surface area contributed by atoms with Gasteiger partial charge in [0.25, 0.3) is 0 Å². The van der Waals surface area contributed by atoms with Gasteiger partial charge in [0.15, 0.2) is 52.3 Å². The Morgan fingerprint density at radius 2 is 0.544 bits per heavy atom. The van der Waals surface area contributed by atoms with Crippen molar-refractivity contribution >= 4 is 52.2 Å². The number of hydrogen-bond acceptors (Lipinski definition) is 21. The van der Waals surface area contributed by atoms with Crippen LogP contribution in [0.1, 0.15) is 191 Å².